The van der Waals surface area contributed by atoms with Gasteiger partial charge < -0.3 is 5.11 Å². The summed E-state index contributed by atoms with van der Waals surface area (Å²) in [6, 6.07) is 0. The predicted octanol–water partition coefficient (Wildman–Crippen LogP) is 0.715. The van der Waals surface area contributed by atoms with Gasteiger partial charge in [0.1, 0.15) is 5.94 Å². The number of rotatable bonds is 1. The van der Waals surface area contributed by atoms with Gasteiger partial charge in [-0.25, -0.2) is 9.59 Å². The molecule has 0 unspecified atom stereocenters. The van der Waals surface area contributed by atoms with Crippen molar-refractivity contribution < 1.29 is 14.7 Å². The SMILES string of the molecule is O=C=C1C=CC(C(=O)O)=CC1. The van der Waals surface area contributed by atoms with E-state index in [0.717, 1.165) is 0 Å². The van der Waals surface area contributed by atoms with E-state index in [-0.39, 0.29) is 5.57 Å². The molecule has 0 saturated carbocycles. The van der Waals surface area contributed by atoms with Crippen molar-refractivity contribution in [1.82, 2.24) is 0 Å². The number of allylic oxidation sites excluding steroid dienone is 3. The van der Waals surface area contributed by atoms with Crippen molar-refractivity contribution in [2.45, 2.75) is 6.42 Å². The minimum absolute atomic E-state index is 0.226. The zero-order chi connectivity index (χ0) is 8.27. The number of carbonyl (C=O) groups excluding carboxylic acids is 1. The lowest BCUT2D eigenvalue weighted by Gasteiger charge is -2.00. The molecule has 0 heterocycles. The minimum Gasteiger partial charge on any atom is -0.478 e. The van der Waals surface area contributed by atoms with Crippen LogP contribution in [0.1, 0.15) is 6.42 Å². The van der Waals surface area contributed by atoms with Crippen LogP contribution in [0, 0.1) is 0 Å². The van der Waals surface area contributed by atoms with Crippen LogP contribution in [0.4, 0.5) is 0 Å². The van der Waals surface area contributed by atoms with Crippen LogP contribution in [-0.2, 0) is 9.59 Å². The summed E-state index contributed by atoms with van der Waals surface area (Å²) >= 11 is 0. The zero-order valence-electron chi connectivity index (χ0n) is 5.70. The molecule has 0 fully saturated rings. The number of carboxylic acids is 1. The van der Waals surface area contributed by atoms with Crippen LogP contribution in [0.2, 0.25) is 0 Å². The number of aliphatic carboxylic acids is 1. The molecule has 0 aliphatic heterocycles. The van der Waals surface area contributed by atoms with E-state index in [2.05, 4.69) is 0 Å². The van der Waals surface area contributed by atoms with Crippen LogP contribution < -0.4 is 0 Å². The van der Waals surface area contributed by atoms with E-state index in [1.54, 1.807) is 5.94 Å². The van der Waals surface area contributed by atoms with Crippen LogP contribution in [0.3, 0.4) is 0 Å². The molecule has 0 spiro atoms. The summed E-state index contributed by atoms with van der Waals surface area (Å²) in [6.07, 6.45) is 4.72. The molecule has 0 bridgehead atoms. The maximum atomic E-state index is 10.3. The van der Waals surface area contributed by atoms with Gasteiger partial charge in [-0.05, 0) is 12.2 Å². The Morgan fingerprint density at radius 2 is 2.27 bits per heavy atom. The van der Waals surface area contributed by atoms with Crippen molar-refractivity contribution >= 4 is 11.9 Å². The first-order valence-electron chi connectivity index (χ1n) is 3.09. The summed E-state index contributed by atoms with van der Waals surface area (Å²) in [5.74, 6) is 0.739. The highest BCUT2D eigenvalue weighted by Crippen LogP contribution is 2.12. The number of hydrogen-bond donors (Lipinski definition) is 1. The smallest absolute Gasteiger partial charge is 0.335 e. The lowest BCUT2D eigenvalue weighted by molar-refractivity contribution is -0.132. The van der Waals surface area contributed by atoms with Gasteiger partial charge in [0.2, 0.25) is 0 Å². The highest BCUT2D eigenvalue weighted by Gasteiger charge is 2.07. The van der Waals surface area contributed by atoms with Crippen LogP contribution in [0.5, 0.6) is 0 Å². The Labute approximate surface area is 63.3 Å². The first-order chi connectivity index (χ1) is 5.24. The molecule has 1 aliphatic carbocycles. The van der Waals surface area contributed by atoms with Crippen LogP contribution in [-0.4, -0.2) is 17.0 Å². The fraction of sp³-hybridized carbons (Fsp3) is 0.125. The van der Waals surface area contributed by atoms with E-state index in [4.69, 9.17) is 5.11 Å². The Kier molecular flexibility index (Phi) is 2.04. The van der Waals surface area contributed by atoms with Gasteiger partial charge in [0.15, 0.2) is 0 Å². The molecular weight excluding hydrogens is 144 g/mol. The topological polar surface area (TPSA) is 54.4 Å². The first-order valence-corrected chi connectivity index (χ1v) is 3.09. The molecule has 0 radical (unpaired) electrons. The molecule has 0 amide bonds. The van der Waals surface area contributed by atoms with Gasteiger partial charge in [0.25, 0.3) is 0 Å². The maximum absolute atomic E-state index is 10.3. The van der Waals surface area contributed by atoms with Crippen molar-refractivity contribution in [2.24, 2.45) is 0 Å². The van der Waals surface area contributed by atoms with Gasteiger partial charge >= 0.3 is 5.97 Å². The van der Waals surface area contributed by atoms with Crippen molar-refractivity contribution in [1.29, 1.82) is 0 Å². The summed E-state index contributed by atoms with van der Waals surface area (Å²) in [7, 11) is 0. The van der Waals surface area contributed by atoms with Crippen molar-refractivity contribution in [2.75, 3.05) is 0 Å². The van der Waals surface area contributed by atoms with Gasteiger partial charge in [-0.15, -0.1) is 0 Å². The van der Waals surface area contributed by atoms with Crippen LogP contribution in [0.15, 0.2) is 29.4 Å². The molecule has 3 nitrogen and oxygen atoms in total. The quantitative estimate of drug-likeness (QED) is 0.560. The van der Waals surface area contributed by atoms with E-state index in [1.807, 2.05) is 0 Å². The Morgan fingerprint density at radius 1 is 1.55 bits per heavy atom. The van der Waals surface area contributed by atoms with Crippen LogP contribution in [0.25, 0.3) is 0 Å². The average molecular weight is 150 g/mol. The second-order valence-corrected chi connectivity index (χ2v) is 2.13. The van der Waals surface area contributed by atoms with E-state index >= 15 is 0 Å². The molecule has 0 aromatic rings. The van der Waals surface area contributed by atoms with E-state index < -0.39 is 5.97 Å². The van der Waals surface area contributed by atoms with Gasteiger partial charge in [-0.3, -0.25) is 0 Å². The Bertz CT molecular complexity index is 290. The fourth-order valence-electron chi connectivity index (χ4n) is 0.781. The van der Waals surface area contributed by atoms with Crippen LogP contribution >= 0.6 is 0 Å². The maximum Gasteiger partial charge on any atom is 0.335 e. The lowest BCUT2D eigenvalue weighted by Crippen LogP contribution is -2.00. The summed E-state index contributed by atoms with van der Waals surface area (Å²) in [4.78, 5) is 20.4. The molecule has 3 heteroatoms. The zero-order valence-corrected chi connectivity index (χ0v) is 5.70. The average Bonchev–Trinajstić information content (AvgIpc) is 2.05. The van der Waals surface area contributed by atoms with Crippen molar-refractivity contribution in [3.63, 3.8) is 0 Å². The monoisotopic (exact) mass is 150 g/mol. The molecule has 0 atom stereocenters. The highest BCUT2D eigenvalue weighted by molar-refractivity contribution is 5.90. The van der Waals surface area contributed by atoms with E-state index in [9.17, 15) is 9.59 Å². The third kappa shape index (κ3) is 1.66. The Hall–Kier alpha value is -1.60. The lowest BCUT2D eigenvalue weighted by atomic mass is 10.0. The summed E-state index contributed by atoms with van der Waals surface area (Å²) in [6.45, 7) is 0. The second-order valence-electron chi connectivity index (χ2n) is 2.13. The van der Waals surface area contributed by atoms with Gasteiger partial charge in [0.05, 0.1) is 5.57 Å². The number of carboxylic acid groups (broad SMARTS) is 1. The van der Waals surface area contributed by atoms with E-state index in [0.29, 0.717) is 12.0 Å². The standard InChI is InChI=1S/C8H6O3/c9-5-6-1-3-7(4-2-6)8(10)11/h1,3-4H,2H2,(H,10,11). The summed E-state index contributed by atoms with van der Waals surface area (Å²) < 4.78 is 0. The van der Waals surface area contributed by atoms with Crippen molar-refractivity contribution in [3.05, 3.63) is 29.4 Å². The third-order valence-electron chi connectivity index (χ3n) is 1.38. The molecule has 0 aromatic carbocycles. The van der Waals surface area contributed by atoms with E-state index in [1.165, 1.54) is 18.2 Å². The molecule has 1 aliphatic rings. The highest BCUT2D eigenvalue weighted by atomic mass is 16.4. The molecule has 0 saturated heterocycles. The normalized spacial score (nSPS) is 15.6. The number of carbonyl (C=O) groups is 1. The molecule has 11 heavy (non-hydrogen) atoms. The first kappa shape index (κ1) is 7.51. The Balaban J connectivity index is 2.83. The van der Waals surface area contributed by atoms with Gasteiger partial charge in [0, 0.05) is 12.0 Å². The summed E-state index contributed by atoms with van der Waals surface area (Å²) in [5, 5.41) is 8.47. The largest absolute Gasteiger partial charge is 0.478 e. The number of hydrogen-bond acceptors (Lipinski definition) is 2. The Morgan fingerprint density at radius 3 is 2.64 bits per heavy atom. The molecule has 1 rings (SSSR count). The minimum atomic E-state index is -0.966. The molecule has 0 aromatic heterocycles. The fourth-order valence-corrected chi connectivity index (χ4v) is 0.781. The third-order valence-corrected chi connectivity index (χ3v) is 1.38. The van der Waals surface area contributed by atoms with Crippen molar-refractivity contribution in [3.8, 4) is 0 Å². The van der Waals surface area contributed by atoms with Gasteiger partial charge in [-0.2, -0.15) is 0 Å². The molecular formula is C8H6O3. The summed E-state index contributed by atoms with van der Waals surface area (Å²) in [5.41, 5.74) is 0.707. The predicted molar refractivity (Wildman–Crippen MR) is 38.7 cm³/mol. The second kappa shape index (κ2) is 2.99. The molecule has 1 N–H and O–H groups in total. The molecule has 56 valence electrons. The van der Waals surface area contributed by atoms with Gasteiger partial charge in [-0.1, -0.05) is 6.08 Å².